The van der Waals surface area contributed by atoms with E-state index in [1.165, 1.54) is 25.5 Å². The molecule has 2 unspecified atom stereocenters. The average molecular weight is 242 g/mol. The van der Waals surface area contributed by atoms with Gasteiger partial charge in [-0.2, -0.15) is 0 Å². The third-order valence-corrected chi connectivity index (χ3v) is 3.51. The normalized spacial score (nSPS) is 24.6. The van der Waals surface area contributed by atoms with Crippen molar-refractivity contribution in [1.82, 2.24) is 5.32 Å². The molecular formula is C12H16ClNO2. The quantitative estimate of drug-likeness (QED) is 0.884. The number of nitrogens with one attached hydrogen (secondary N) is 1. The maximum absolute atomic E-state index is 11.7. The summed E-state index contributed by atoms with van der Waals surface area (Å²) in [6.07, 6.45) is 5.11. The minimum atomic E-state index is -0.140. The molecule has 0 aliphatic heterocycles. The van der Waals surface area contributed by atoms with Crippen LogP contribution in [-0.4, -0.2) is 12.5 Å². The van der Waals surface area contributed by atoms with Gasteiger partial charge in [0.05, 0.1) is 11.8 Å². The summed E-state index contributed by atoms with van der Waals surface area (Å²) in [6, 6.07) is 1.59. The molecule has 0 saturated heterocycles. The van der Waals surface area contributed by atoms with Gasteiger partial charge in [0.25, 0.3) is 5.91 Å². The zero-order chi connectivity index (χ0) is 11.5. The van der Waals surface area contributed by atoms with Crippen LogP contribution in [0.3, 0.4) is 0 Å². The molecule has 1 saturated carbocycles. The Bertz CT molecular complexity index is 375. The minimum Gasteiger partial charge on any atom is -0.452 e. The van der Waals surface area contributed by atoms with Gasteiger partial charge >= 0.3 is 0 Å². The molecular weight excluding hydrogens is 226 g/mol. The van der Waals surface area contributed by atoms with Gasteiger partial charge < -0.3 is 9.73 Å². The molecule has 0 radical (unpaired) electrons. The van der Waals surface area contributed by atoms with Gasteiger partial charge in [-0.3, -0.25) is 4.79 Å². The van der Waals surface area contributed by atoms with Crippen LogP contribution in [0.1, 0.15) is 36.5 Å². The second kappa shape index (κ2) is 4.91. The average Bonchev–Trinajstić information content (AvgIpc) is 2.84. The van der Waals surface area contributed by atoms with Crippen molar-refractivity contribution in [2.45, 2.75) is 26.2 Å². The lowest BCUT2D eigenvalue weighted by Gasteiger charge is -2.10. The molecule has 0 aromatic carbocycles. The number of rotatable bonds is 3. The Kier molecular flexibility index (Phi) is 3.54. The summed E-state index contributed by atoms with van der Waals surface area (Å²) in [5.41, 5.74) is 0.424. The van der Waals surface area contributed by atoms with E-state index in [1.54, 1.807) is 6.07 Å². The van der Waals surface area contributed by atoms with E-state index in [0.717, 1.165) is 12.5 Å². The predicted octanol–water partition coefficient (Wildman–Crippen LogP) is 3.10. The molecule has 4 heteroatoms. The van der Waals surface area contributed by atoms with Crippen molar-refractivity contribution in [1.29, 1.82) is 0 Å². The number of halogens is 1. The van der Waals surface area contributed by atoms with Gasteiger partial charge in [-0.1, -0.05) is 13.3 Å². The Morgan fingerprint density at radius 1 is 1.62 bits per heavy atom. The van der Waals surface area contributed by atoms with Crippen LogP contribution in [0, 0.1) is 11.8 Å². The van der Waals surface area contributed by atoms with Crippen LogP contribution in [0.2, 0.25) is 5.22 Å². The van der Waals surface area contributed by atoms with E-state index >= 15 is 0 Å². The summed E-state index contributed by atoms with van der Waals surface area (Å²) < 4.78 is 4.88. The predicted molar refractivity (Wildman–Crippen MR) is 62.6 cm³/mol. The van der Waals surface area contributed by atoms with Crippen molar-refractivity contribution in [2.24, 2.45) is 11.8 Å². The zero-order valence-electron chi connectivity index (χ0n) is 9.33. The highest BCUT2D eigenvalue weighted by atomic mass is 35.5. The van der Waals surface area contributed by atoms with Gasteiger partial charge in [-0.05, 0) is 42.3 Å². The smallest absolute Gasteiger partial charge is 0.256 e. The molecule has 1 N–H and O–H groups in total. The second-order valence-electron chi connectivity index (χ2n) is 4.60. The molecule has 88 valence electrons. The SMILES string of the molecule is CC1CCC(CNC(=O)c2ccoc2Cl)C1. The Hall–Kier alpha value is -0.960. The molecule has 1 aromatic heterocycles. The van der Waals surface area contributed by atoms with E-state index in [-0.39, 0.29) is 11.1 Å². The van der Waals surface area contributed by atoms with E-state index in [9.17, 15) is 4.79 Å². The molecule has 1 heterocycles. The first-order valence-corrected chi connectivity index (χ1v) is 6.06. The summed E-state index contributed by atoms with van der Waals surface area (Å²) in [5.74, 6) is 1.27. The van der Waals surface area contributed by atoms with Crippen LogP contribution in [0.15, 0.2) is 16.7 Å². The van der Waals surface area contributed by atoms with Gasteiger partial charge in [-0.15, -0.1) is 0 Å². The number of hydrogen-bond acceptors (Lipinski definition) is 2. The van der Waals surface area contributed by atoms with E-state index in [0.29, 0.717) is 11.5 Å². The fourth-order valence-corrected chi connectivity index (χ4v) is 2.50. The first-order chi connectivity index (χ1) is 7.66. The number of carbonyl (C=O) groups excluding carboxylic acids is 1. The van der Waals surface area contributed by atoms with Crippen molar-refractivity contribution in [3.8, 4) is 0 Å². The summed E-state index contributed by atoms with van der Waals surface area (Å²) >= 11 is 5.73. The fraction of sp³-hybridized carbons (Fsp3) is 0.583. The first kappa shape index (κ1) is 11.5. The lowest BCUT2D eigenvalue weighted by molar-refractivity contribution is 0.0946. The number of hydrogen-bond donors (Lipinski definition) is 1. The number of amides is 1. The minimum absolute atomic E-state index is 0.140. The summed E-state index contributed by atoms with van der Waals surface area (Å²) in [4.78, 5) is 11.7. The topological polar surface area (TPSA) is 42.2 Å². The maximum Gasteiger partial charge on any atom is 0.256 e. The van der Waals surface area contributed by atoms with Crippen LogP contribution >= 0.6 is 11.6 Å². The van der Waals surface area contributed by atoms with Crippen molar-refractivity contribution in [3.05, 3.63) is 23.1 Å². The standard InChI is InChI=1S/C12H16ClNO2/c1-8-2-3-9(6-8)7-14-12(15)10-4-5-16-11(10)13/h4-5,8-9H,2-3,6-7H2,1H3,(H,14,15). The van der Waals surface area contributed by atoms with Crippen LogP contribution in [0.4, 0.5) is 0 Å². The number of furan rings is 1. The molecule has 1 aliphatic rings. The molecule has 2 rings (SSSR count). The van der Waals surface area contributed by atoms with Crippen molar-refractivity contribution >= 4 is 17.5 Å². The lowest BCUT2D eigenvalue weighted by Crippen LogP contribution is -2.28. The molecule has 1 aromatic rings. The molecule has 0 bridgehead atoms. The van der Waals surface area contributed by atoms with Gasteiger partial charge in [0.1, 0.15) is 0 Å². The first-order valence-electron chi connectivity index (χ1n) is 5.68. The molecule has 1 fully saturated rings. The summed E-state index contributed by atoms with van der Waals surface area (Å²) in [5, 5.41) is 3.07. The van der Waals surface area contributed by atoms with Gasteiger partial charge in [0, 0.05) is 6.54 Å². The summed E-state index contributed by atoms with van der Waals surface area (Å²) in [6.45, 7) is 3.00. The number of carbonyl (C=O) groups is 1. The second-order valence-corrected chi connectivity index (χ2v) is 4.95. The van der Waals surface area contributed by atoms with Gasteiger partial charge in [0.2, 0.25) is 5.22 Å². The van der Waals surface area contributed by atoms with Crippen molar-refractivity contribution in [3.63, 3.8) is 0 Å². The highest BCUT2D eigenvalue weighted by molar-refractivity contribution is 6.32. The van der Waals surface area contributed by atoms with E-state index < -0.39 is 0 Å². The van der Waals surface area contributed by atoms with Crippen LogP contribution in [-0.2, 0) is 0 Å². The van der Waals surface area contributed by atoms with Crippen molar-refractivity contribution in [2.75, 3.05) is 6.54 Å². The highest BCUT2D eigenvalue weighted by Gasteiger charge is 2.22. The Balaban J connectivity index is 1.82. The monoisotopic (exact) mass is 241 g/mol. The lowest BCUT2D eigenvalue weighted by atomic mass is 10.1. The Morgan fingerprint density at radius 2 is 2.44 bits per heavy atom. The molecule has 0 spiro atoms. The third-order valence-electron chi connectivity index (χ3n) is 3.22. The van der Waals surface area contributed by atoms with E-state index in [4.69, 9.17) is 16.0 Å². The van der Waals surface area contributed by atoms with Crippen LogP contribution in [0.5, 0.6) is 0 Å². The van der Waals surface area contributed by atoms with Crippen molar-refractivity contribution < 1.29 is 9.21 Å². The molecule has 16 heavy (non-hydrogen) atoms. The van der Waals surface area contributed by atoms with E-state index in [1.807, 2.05) is 0 Å². The molecule has 1 amide bonds. The maximum atomic E-state index is 11.7. The zero-order valence-corrected chi connectivity index (χ0v) is 10.1. The Morgan fingerprint density at radius 3 is 3.00 bits per heavy atom. The van der Waals surface area contributed by atoms with Gasteiger partial charge in [-0.25, -0.2) is 0 Å². The van der Waals surface area contributed by atoms with Crippen LogP contribution in [0.25, 0.3) is 0 Å². The van der Waals surface area contributed by atoms with Gasteiger partial charge in [0.15, 0.2) is 0 Å². The molecule has 1 aliphatic carbocycles. The van der Waals surface area contributed by atoms with E-state index in [2.05, 4.69) is 12.2 Å². The largest absolute Gasteiger partial charge is 0.452 e. The third kappa shape index (κ3) is 2.59. The summed E-state index contributed by atoms with van der Waals surface area (Å²) in [7, 11) is 0. The van der Waals surface area contributed by atoms with Crippen LogP contribution < -0.4 is 5.32 Å². The molecule has 2 atom stereocenters. The molecule has 3 nitrogen and oxygen atoms in total. The fourth-order valence-electron chi connectivity index (χ4n) is 2.30. The Labute approximate surface area is 100 Å². The highest BCUT2D eigenvalue weighted by Crippen LogP contribution is 2.29.